The lowest BCUT2D eigenvalue weighted by Gasteiger charge is -2.44. The van der Waals surface area contributed by atoms with Crippen molar-refractivity contribution in [1.82, 2.24) is 9.80 Å². The van der Waals surface area contributed by atoms with E-state index in [9.17, 15) is 9.59 Å². The molecule has 1 aromatic heterocycles. The fraction of sp³-hybridized carbons (Fsp3) is 0.700. The molecule has 1 aliphatic carbocycles. The number of fused-ring (bicyclic) bond motifs is 1. The molecule has 4 rings (SSSR count). The van der Waals surface area contributed by atoms with Crippen molar-refractivity contribution in [2.75, 3.05) is 19.6 Å². The van der Waals surface area contributed by atoms with Crippen LogP contribution in [0.15, 0.2) is 11.4 Å². The summed E-state index contributed by atoms with van der Waals surface area (Å²) >= 11 is 1.70. The Bertz CT molecular complexity index is 654. The van der Waals surface area contributed by atoms with E-state index in [1.165, 1.54) is 37.0 Å². The van der Waals surface area contributed by atoms with Crippen molar-refractivity contribution in [3.63, 3.8) is 0 Å². The number of likely N-dealkylation sites (tertiary alicyclic amines) is 2. The maximum Gasteiger partial charge on any atom is 0.254 e. The van der Waals surface area contributed by atoms with E-state index in [0.29, 0.717) is 12.0 Å². The van der Waals surface area contributed by atoms with Crippen LogP contribution in [0.25, 0.3) is 0 Å². The smallest absolute Gasteiger partial charge is 0.254 e. The minimum atomic E-state index is 0.159. The molecule has 1 saturated carbocycles. The maximum absolute atomic E-state index is 13.1. The van der Waals surface area contributed by atoms with Crippen molar-refractivity contribution in [3.05, 3.63) is 21.9 Å². The van der Waals surface area contributed by atoms with Gasteiger partial charge < -0.3 is 9.80 Å². The molecule has 0 N–H and O–H groups in total. The number of hydrogen-bond acceptors (Lipinski definition) is 3. The SMILES string of the molecule is CC(=O)N1CCC(c2cc(C(=O)N3CCCC4CCCCC43)cs2)C1. The number of nitrogens with zero attached hydrogens (tertiary/aromatic N) is 2. The van der Waals surface area contributed by atoms with Crippen molar-refractivity contribution in [3.8, 4) is 0 Å². The zero-order chi connectivity index (χ0) is 17.4. The molecule has 3 aliphatic rings. The molecule has 0 radical (unpaired) electrons. The van der Waals surface area contributed by atoms with Gasteiger partial charge in [-0.3, -0.25) is 9.59 Å². The molecule has 3 fully saturated rings. The van der Waals surface area contributed by atoms with E-state index in [1.807, 2.05) is 10.3 Å². The van der Waals surface area contributed by atoms with Gasteiger partial charge in [0.15, 0.2) is 0 Å². The van der Waals surface area contributed by atoms with Gasteiger partial charge in [0.1, 0.15) is 0 Å². The van der Waals surface area contributed by atoms with E-state index in [2.05, 4.69) is 11.0 Å². The van der Waals surface area contributed by atoms with E-state index in [4.69, 9.17) is 0 Å². The highest BCUT2D eigenvalue weighted by Crippen LogP contribution is 2.37. The Balaban J connectivity index is 1.46. The van der Waals surface area contributed by atoms with Gasteiger partial charge in [0, 0.05) is 48.8 Å². The lowest BCUT2D eigenvalue weighted by molar-refractivity contribution is -0.127. The molecule has 0 aromatic carbocycles. The molecular formula is C20H28N2O2S. The molecule has 3 unspecified atom stereocenters. The molecule has 5 heteroatoms. The zero-order valence-electron chi connectivity index (χ0n) is 15.1. The molecule has 0 bridgehead atoms. The summed E-state index contributed by atoms with van der Waals surface area (Å²) in [5, 5.41) is 2.04. The predicted molar refractivity (Wildman–Crippen MR) is 99.9 cm³/mol. The van der Waals surface area contributed by atoms with Gasteiger partial charge in [-0.1, -0.05) is 12.8 Å². The van der Waals surface area contributed by atoms with Gasteiger partial charge in [0.05, 0.1) is 5.56 Å². The molecule has 2 amide bonds. The van der Waals surface area contributed by atoms with Crippen LogP contribution < -0.4 is 0 Å². The van der Waals surface area contributed by atoms with Gasteiger partial charge in [-0.25, -0.2) is 0 Å². The third-order valence-corrected chi connectivity index (χ3v) is 7.50. The molecule has 0 spiro atoms. The van der Waals surface area contributed by atoms with Gasteiger partial charge in [-0.05, 0) is 44.1 Å². The Morgan fingerprint density at radius 3 is 2.68 bits per heavy atom. The van der Waals surface area contributed by atoms with Gasteiger partial charge in [0.2, 0.25) is 5.91 Å². The first-order valence-electron chi connectivity index (χ1n) is 9.78. The van der Waals surface area contributed by atoms with E-state index in [0.717, 1.165) is 44.0 Å². The quantitative estimate of drug-likeness (QED) is 0.803. The minimum Gasteiger partial charge on any atom is -0.342 e. The molecule has 136 valence electrons. The molecule has 3 heterocycles. The highest BCUT2D eigenvalue weighted by molar-refractivity contribution is 7.10. The highest BCUT2D eigenvalue weighted by Gasteiger charge is 2.36. The fourth-order valence-corrected chi connectivity index (χ4v) is 6.01. The highest BCUT2D eigenvalue weighted by atomic mass is 32.1. The van der Waals surface area contributed by atoms with Crippen molar-refractivity contribution < 1.29 is 9.59 Å². The minimum absolute atomic E-state index is 0.159. The Labute approximate surface area is 154 Å². The number of thiophene rings is 1. The molecule has 2 saturated heterocycles. The average molecular weight is 361 g/mol. The summed E-state index contributed by atoms with van der Waals surface area (Å²) in [4.78, 5) is 30.0. The Morgan fingerprint density at radius 2 is 1.88 bits per heavy atom. The predicted octanol–water partition coefficient (Wildman–Crippen LogP) is 3.88. The second kappa shape index (κ2) is 7.10. The first-order valence-corrected chi connectivity index (χ1v) is 10.7. The second-order valence-electron chi connectivity index (χ2n) is 7.94. The number of carbonyl (C=O) groups is 2. The third-order valence-electron chi connectivity index (χ3n) is 6.41. The number of carbonyl (C=O) groups excluding carboxylic acids is 2. The monoisotopic (exact) mass is 360 g/mol. The normalized spacial score (nSPS) is 29.6. The van der Waals surface area contributed by atoms with E-state index >= 15 is 0 Å². The van der Waals surface area contributed by atoms with Crippen LogP contribution in [0.1, 0.15) is 73.0 Å². The van der Waals surface area contributed by atoms with Crippen molar-refractivity contribution in [2.45, 2.75) is 63.8 Å². The van der Waals surface area contributed by atoms with Crippen LogP contribution >= 0.6 is 11.3 Å². The molecular weight excluding hydrogens is 332 g/mol. The van der Waals surface area contributed by atoms with E-state index < -0.39 is 0 Å². The Hall–Kier alpha value is -1.36. The molecule has 25 heavy (non-hydrogen) atoms. The lowest BCUT2D eigenvalue weighted by atomic mass is 9.78. The van der Waals surface area contributed by atoms with Crippen LogP contribution in [-0.2, 0) is 4.79 Å². The van der Waals surface area contributed by atoms with Crippen LogP contribution in [0.3, 0.4) is 0 Å². The van der Waals surface area contributed by atoms with E-state index in [-0.39, 0.29) is 11.8 Å². The number of piperidine rings is 1. The van der Waals surface area contributed by atoms with Gasteiger partial charge >= 0.3 is 0 Å². The van der Waals surface area contributed by atoms with Crippen molar-refractivity contribution >= 4 is 23.2 Å². The number of hydrogen-bond donors (Lipinski definition) is 0. The maximum atomic E-state index is 13.1. The van der Waals surface area contributed by atoms with Crippen LogP contribution in [0.5, 0.6) is 0 Å². The van der Waals surface area contributed by atoms with Gasteiger partial charge in [-0.15, -0.1) is 11.3 Å². The first-order chi connectivity index (χ1) is 12.1. The fourth-order valence-electron chi connectivity index (χ4n) is 5.00. The molecule has 2 aliphatic heterocycles. The van der Waals surface area contributed by atoms with Gasteiger partial charge in [0.25, 0.3) is 5.91 Å². The topological polar surface area (TPSA) is 40.6 Å². The summed E-state index contributed by atoms with van der Waals surface area (Å²) in [6.45, 7) is 4.21. The average Bonchev–Trinajstić information content (AvgIpc) is 3.30. The summed E-state index contributed by atoms with van der Waals surface area (Å²) in [7, 11) is 0. The summed E-state index contributed by atoms with van der Waals surface area (Å²) in [5.74, 6) is 1.52. The Morgan fingerprint density at radius 1 is 1.08 bits per heavy atom. The lowest BCUT2D eigenvalue weighted by Crippen LogP contribution is -2.49. The summed E-state index contributed by atoms with van der Waals surface area (Å²) in [6.07, 6.45) is 8.55. The molecule has 1 aromatic rings. The van der Waals surface area contributed by atoms with E-state index in [1.54, 1.807) is 18.3 Å². The summed E-state index contributed by atoms with van der Waals surface area (Å²) in [5.41, 5.74) is 0.868. The summed E-state index contributed by atoms with van der Waals surface area (Å²) in [6, 6.07) is 2.58. The standard InChI is InChI=1S/C20H28N2O2S/c1-14(23)21-10-8-16(12-21)19-11-17(13-25-19)20(24)22-9-4-6-15-5-2-3-7-18(15)22/h11,13,15-16,18H,2-10,12H2,1H3. The molecule has 3 atom stereocenters. The zero-order valence-corrected chi connectivity index (χ0v) is 15.9. The first kappa shape index (κ1) is 17.1. The Kier molecular flexibility index (Phi) is 4.85. The van der Waals surface area contributed by atoms with Crippen LogP contribution in [-0.4, -0.2) is 47.3 Å². The molecule has 4 nitrogen and oxygen atoms in total. The third kappa shape index (κ3) is 3.35. The number of amides is 2. The summed E-state index contributed by atoms with van der Waals surface area (Å²) < 4.78 is 0. The van der Waals surface area contributed by atoms with Crippen molar-refractivity contribution in [1.29, 1.82) is 0 Å². The van der Waals surface area contributed by atoms with Crippen molar-refractivity contribution in [2.24, 2.45) is 5.92 Å². The van der Waals surface area contributed by atoms with Gasteiger partial charge in [-0.2, -0.15) is 0 Å². The second-order valence-corrected chi connectivity index (χ2v) is 8.88. The van der Waals surface area contributed by atoms with Crippen LogP contribution in [0, 0.1) is 5.92 Å². The largest absolute Gasteiger partial charge is 0.342 e. The number of rotatable bonds is 2. The van der Waals surface area contributed by atoms with Crippen LogP contribution in [0.2, 0.25) is 0 Å². The van der Waals surface area contributed by atoms with Crippen LogP contribution in [0.4, 0.5) is 0 Å².